The quantitative estimate of drug-likeness (QED) is 0.416. The minimum atomic E-state index is 1.09. The van der Waals surface area contributed by atoms with Crippen molar-refractivity contribution in [2.24, 2.45) is 0 Å². The molecule has 0 aliphatic carbocycles. The van der Waals surface area contributed by atoms with Crippen molar-refractivity contribution in [3.63, 3.8) is 0 Å². The van der Waals surface area contributed by atoms with Gasteiger partial charge in [0.15, 0.2) is 0 Å². The first kappa shape index (κ1) is 10.9. The maximum absolute atomic E-state index is 3.84. The first-order chi connectivity index (χ1) is 9.86. The lowest BCUT2D eigenvalue weighted by atomic mass is 9.99. The Balaban J connectivity index is 2.24. The molecule has 0 N–H and O–H groups in total. The van der Waals surface area contributed by atoms with Gasteiger partial charge in [-0.05, 0) is 44.8 Å². The molecule has 0 spiro atoms. The van der Waals surface area contributed by atoms with E-state index in [0.29, 0.717) is 0 Å². The van der Waals surface area contributed by atoms with Crippen LogP contribution in [0, 0.1) is 0 Å². The molecule has 1 nitrogen and oxygen atoms in total. The van der Waals surface area contributed by atoms with Crippen LogP contribution in [0.1, 0.15) is 5.56 Å². The van der Waals surface area contributed by atoms with Gasteiger partial charge in [-0.2, -0.15) is 0 Å². The van der Waals surface area contributed by atoms with Crippen LogP contribution in [0.2, 0.25) is 0 Å². The molecule has 1 aliphatic heterocycles. The normalized spacial score (nSPS) is 13.8. The molecular formula is C18H12BrN. The van der Waals surface area contributed by atoms with Crippen LogP contribution >= 0.6 is 15.9 Å². The molecular weight excluding hydrogens is 310 g/mol. The van der Waals surface area contributed by atoms with Crippen LogP contribution in [0.5, 0.6) is 0 Å². The molecule has 4 aromatic rings. The number of rotatable bonds is 0. The molecule has 0 saturated heterocycles. The van der Waals surface area contributed by atoms with E-state index in [1.165, 1.54) is 42.6 Å². The summed E-state index contributed by atoms with van der Waals surface area (Å²) >= 11 is 3.84. The van der Waals surface area contributed by atoms with E-state index in [1.54, 1.807) is 0 Å². The lowest BCUT2D eigenvalue weighted by Gasteiger charge is -2.07. The van der Waals surface area contributed by atoms with Crippen molar-refractivity contribution < 1.29 is 0 Å². The Morgan fingerprint density at radius 1 is 0.850 bits per heavy atom. The van der Waals surface area contributed by atoms with E-state index in [9.17, 15) is 0 Å². The van der Waals surface area contributed by atoms with Gasteiger partial charge in [0.05, 0.1) is 5.52 Å². The first-order valence-electron chi connectivity index (χ1n) is 6.96. The van der Waals surface area contributed by atoms with Crippen LogP contribution in [0.3, 0.4) is 0 Å². The van der Waals surface area contributed by atoms with E-state index in [4.69, 9.17) is 0 Å². The zero-order valence-corrected chi connectivity index (χ0v) is 12.4. The number of para-hydroxylation sites is 1. The van der Waals surface area contributed by atoms with Crippen LogP contribution < -0.4 is 0 Å². The molecule has 20 heavy (non-hydrogen) atoms. The Labute approximate surface area is 124 Å². The second kappa shape index (κ2) is 3.64. The maximum atomic E-state index is 3.84. The van der Waals surface area contributed by atoms with Crippen molar-refractivity contribution in [1.29, 1.82) is 0 Å². The number of halogens is 1. The predicted molar refractivity (Wildman–Crippen MR) is 88.4 cm³/mol. The average molecular weight is 322 g/mol. The summed E-state index contributed by atoms with van der Waals surface area (Å²) in [6.07, 6.45) is 1.13. The predicted octanol–water partition coefficient (Wildman–Crippen LogP) is 5.27. The number of hydrogen-bond acceptors (Lipinski definition) is 0. The Hall–Kier alpha value is -1.80. The lowest BCUT2D eigenvalue weighted by Crippen LogP contribution is -1.90. The molecule has 1 aromatic heterocycles. The summed E-state index contributed by atoms with van der Waals surface area (Å²) in [4.78, 5) is 0. The Morgan fingerprint density at radius 3 is 2.40 bits per heavy atom. The summed E-state index contributed by atoms with van der Waals surface area (Å²) < 4.78 is 3.76. The van der Waals surface area contributed by atoms with Gasteiger partial charge in [0.2, 0.25) is 0 Å². The summed E-state index contributed by atoms with van der Waals surface area (Å²) in [6, 6.07) is 17.5. The van der Waals surface area contributed by atoms with Gasteiger partial charge in [0.1, 0.15) is 0 Å². The highest BCUT2D eigenvalue weighted by atomic mass is 79.9. The first-order valence-corrected chi connectivity index (χ1v) is 7.75. The molecule has 0 atom stereocenters. The Bertz CT molecular complexity index is 1010. The second-order valence-corrected chi connectivity index (χ2v) is 6.27. The third kappa shape index (κ3) is 1.14. The van der Waals surface area contributed by atoms with Gasteiger partial charge >= 0.3 is 0 Å². The topological polar surface area (TPSA) is 4.93 Å². The van der Waals surface area contributed by atoms with E-state index in [1.807, 2.05) is 0 Å². The van der Waals surface area contributed by atoms with Crippen LogP contribution in [-0.4, -0.2) is 4.57 Å². The number of aryl methyl sites for hydroxylation is 2. The van der Waals surface area contributed by atoms with Gasteiger partial charge in [0.25, 0.3) is 0 Å². The maximum Gasteiger partial charge on any atom is 0.0542 e. The number of fused-ring (bicyclic) bond motifs is 5. The fraction of sp³-hybridized carbons (Fsp3) is 0.111. The molecule has 0 bridgehead atoms. The molecule has 2 heteroatoms. The number of benzene rings is 3. The van der Waals surface area contributed by atoms with Gasteiger partial charge < -0.3 is 4.57 Å². The van der Waals surface area contributed by atoms with Crippen molar-refractivity contribution >= 4 is 48.5 Å². The molecule has 2 heterocycles. The molecule has 0 saturated carbocycles. The summed E-state index contributed by atoms with van der Waals surface area (Å²) in [5.41, 5.74) is 4.26. The van der Waals surface area contributed by atoms with Crippen LogP contribution in [0.4, 0.5) is 0 Å². The summed E-state index contributed by atoms with van der Waals surface area (Å²) in [6.45, 7) is 1.09. The molecule has 0 unspecified atom stereocenters. The van der Waals surface area contributed by atoms with Gasteiger partial charge in [-0.1, -0.05) is 42.5 Å². The number of nitrogens with zero attached hydrogens (tertiary/aromatic N) is 1. The SMILES string of the molecule is Brc1c2c3c(c4ccccc14)c1ccccc1n3CC2. The summed E-state index contributed by atoms with van der Waals surface area (Å²) in [7, 11) is 0. The van der Waals surface area contributed by atoms with E-state index < -0.39 is 0 Å². The van der Waals surface area contributed by atoms with Crippen LogP contribution in [-0.2, 0) is 13.0 Å². The highest BCUT2D eigenvalue weighted by Crippen LogP contribution is 2.44. The van der Waals surface area contributed by atoms with Crippen molar-refractivity contribution in [3.8, 4) is 0 Å². The molecule has 96 valence electrons. The van der Waals surface area contributed by atoms with Crippen molar-refractivity contribution in [1.82, 2.24) is 4.57 Å². The molecule has 1 aliphatic rings. The number of hydrogen-bond donors (Lipinski definition) is 0. The summed E-state index contributed by atoms with van der Waals surface area (Å²) in [5, 5.41) is 5.49. The van der Waals surface area contributed by atoms with E-state index in [-0.39, 0.29) is 0 Å². The van der Waals surface area contributed by atoms with E-state index in [2.05, 4.69) is 69.0 Å². The highest BCUT2D eigenvalue weighted by Gasteiger charge is 2.23. The largest absolute Gasteiger partial charge is 0.340 e. The number of aromatic nitrogens is 1. The minimum absolute atomic E-state index is 1.09. The van der Waals surface area contributed by atoms with Crippen LogP contribution in [0.25, 0.3) is 32.6 Å². The van der Waals surface area contributed by atoms with Crippen molar-refractivity contribution in [2.75, 3.05) is 0 Å². The van der Waals surface area contributed by atoms with E-state index in [0.717, 1.165) is 13.0 Å². The Morgan fingerprint density at radius 2 is 1.55 bits per heavy atom. The smallest absolute Gasteiger partial charge is 0.0542 e. The van der Waals surface area contributed by atoms with Gasteiger partial charge in [0, 0.05) is 27.3 Å². The van der Waals surface area contributed by atoms with Crippen molar-refractivity contribution in [3.05, 3.63) is 58.6 Å². The molecule has 0 radical (unpaired) electrons. The fourth-order valence-electron chi connectivity index (χ4n) is 3.73. The monoisotopic (exact) mass is 321 g/mol. The van der Waals surface area contributed by atoms with Crippen molar-refractivity contribution in [2.45, 2.75) is 13.0 Å². The zero-order valence-electron chi connectivity index (χ0n) is 10.9. The van der Waals surface area contributed by atoms with E-state index >= 15 is 0 Å². The summed E-state index contributed by atoms with van der Waals surface area (Å²) in [5.74, 6) is 0. The molecule has 3 aromatic carbocycles. The highest BCUT2D eigenvalue weighted by molar-refractivity contribution is 9.10. The van der Waals surface area contributed by atoms with Gasteiger partial charge in [-0.25, -0.2) is 0 Å². The Kier molecular flexibility index (Phi) is 1.99. The van der Waals surface area contributed by atoms with Gasteiger partial charge in [-0.15, -0.1) is 0 Å². The second-order valence-electron chi connectivity index (χ2n) is 5.48. The third-order valence-electron chi connectivity index (χ3n) is 4.54. The fourth-order valence-corrected chi connectivity index (χ4v) is 4.46. The zero-order chi connectivity index (χ0) is 13.3. The standard InChI is InChI=1S/C18H12BrN/c19-17-12-6-2-1-5-11(12)16-13-7-3-4-8-15(13)20-10-9-14(17)18(16)20/h1-8H,9-10H2. The average Bonchev–Trinajstić information content (AvgIpc) is 3.05. The molecule has 5 rings (SSSR count). The molecule has 0 fully saturated rings. The van der Waals surface area contributed by atoms with Gasteiger partial charge in [-0.3, -0.25) is 0 Å². The lowest BCUT2D eigenvalue weighted by molar-refractivity contribution is 0.795. The minimum Gasteiger partial charge on any atom is -0.340 e. The third-order valence-corrected chi connectivity index (χ3v) is 5.45. The van der Waals surface area contributed by atoms with Crippen LogP contribution in [0.15, 0.2) is 53.0 Å². The molecule has 0 amide bonds.